The molecule has 0 aliphatic rings. The van der Waals surface area contributed by atoms with Crippen LogP contribution in [0.3, 0.4) is 0 Å². The molecule has 138 valence electrons. The fraction of sp³-hybridized carbons (Fsp3) is 0.421. The third-order valence-electron chi connectivity index (χ3n) is 3.76. The van der Waals surface area contributed by atoms with Crippen LogP contribution in [0, 0.1) is 13.8 Å². The molecule has 0 radical (unpaired) electrons. The largest absolute Gasteiger partial charge is 0.497 e. The molecule has 0 saturated heterocycles. The fourth-order valence-corrected chi connectivity index (χ4v) is 2.46. The summed E-state index contributed by atoms with van der Waals surface area (Å²) in [6.45, 7) is 8.26. The van der Waals surface area contributed by atoms with E-state index < -0.39 is 0 Å². The van der Waals surface area contributed by atoms with Gasteiger partial charge in [-0.2, -0.15) is 0 Å². The Kier molecular flexibility index (Phi) is 9.41. The number of furan rings is 1. The summed E-state index contributed by atoms with van der Waals surface area (Å²) in [6, 6.07) is 10.2. The Labute approximate surface area is 167 Å². The number of aliphatic imine (C=N–C) groups is 1. The number of rotatable bonds is 7. The number of ether oxygens (including phenoxy) is 1. The molecule has 5 nitrogen and oxygen atoms in total. The average molecular weight is 457 g/mol. The van der Waals surface area contributed by atoms with Crippen LogP contribution in [-0.2, 0) is 13.0 Å². The first-order valence-corrected chi connectivity index (χ1v) is 8.33. The Balaban J connectivity index is 0.00000312. The smallest absolute Gasteiger partial charge is 0.191 e. The standard InChI is InChI=1S/C19H27N3O2.HI/c1-5-20-19(22-13-17-12-14(2)24-15(17)3)21-11-10-16-6-8-18(23-4)9-7-16;/h6-9,12H,5,10-11,13H2,1-4H3,(H2,20,21,22);1H. The van der Waals surface area contributed by atoms with E-state index >= 15 is 0 Å². The van der Waals surface area contributed by atoms with E-state index in [1.54, 1.807) is 7.11 Å². The second kappa shape index (κ2) is 11.0. The van der Waals surface area contributed by atoms with Crippen molar-refractivity contribution in [1.29, 1.82) is 0 Å². The van der Waals surface area contributed by atoms with Crippen LogP contribution in [-0.4, -0.2) is 26.2 Å². The van der Waals surface area contributed by atoms with E-state index in [2.05, 4.69) is 34.7 Å². The Morgan fingerprint density at radius 1 is 1.16 bits per heavy atom. The van der Waals surface area contributed by atoms with Crippen LogP contribution in [0.25, 0.3) is 0 Å². The van der Waals surface area contributed by atoms with E-state index in [0.717, 1.165) is 48.3 Å². The molecule has 25 heavy (non-hydrogen) atoms. The number of aryl methyl sites for hydroxylation is 2. The maximum absolute atomic E-state index is 5.54. The molecular weight excluding hydrogens is 429 g/mol. The van der Waals surface area contributed by atoms with Gasteiger partial charge in [0.15, 0.2) is 5.96 Å². The Bertz CT molecular complexity index is 666. The SMILES string of the molecule is CCNC(=NCc1cc(C)oc1C)NCCc1ccc(OC)cc1.I. The van der Waals surface area contributed by atoms with E-state index in [1.807, 2.05) is 32.0 Å². The summed E-state index contributed by atoms with van der Waals surface area (Å²) in [5.41, 5.74) is 2.39. The zero-order valence-electron chi connectivity index (χ0n) is 15.4. The van der Waals surface area contributed by atoms with E-state index in [1.165, 1.54) is 5.56 Å². The van der Waals surface area contributed by atoms with Crippen molar-refractivity contribution in [2.45, 2.75) is 33.7 Å². The minimum atomic E-state index is 0. The molecule has 2 aromatic rings. The van der Waals surface area contributed by atoms with Gasteiger partial charge in [0.05, 0.1) is 13.7 Å². The number of hydrogen-bond acceptors (Lipinski definition) is 3. The molecule has 2 N–H and O–H groups in total. The number of guanidine groups is 1. The molecule has 0 aliphatic carbocycles. The molecule has 0 bridgehead atoms. The highest BCUT2D eigenvalue weighted by atomic mass is 127. The molecule has 1 aromatic carbocycles. The average Bonchev–Trinajstić information content (AvgIpc) is 2.91. The van der Waals surface area contributed by atoms with Crippen molar-refractivity contribution < 1.29 is 9.15 Å². The highest BCUT2D eigenvalue weighted by Crippen LogP contribution is 2.14. The normalized spacial score (nSPS) is 11.0. The van der Waals surface area contributed by atoms with Crippen LogP contribution < -0.4 is 15.4 Å². The van der Waals surface area contributed by atoms with Crippen molar-refractivity contribution in [2.24, 2.45) is 4.99 Å². The predicted octanol–water partition coefficient (Wildman–Crippen LogP) is 3.82. The molecule has 0 aliphatic heterocycles. The first-order chi connectivity index (χ1) is 11.6. The van der Waals surface area contributed by atoms with Crippen LogP contribution in [0.2, 0.25) is 0 Å². The van der Waals surface area contributed by atoms with Crippen LogP contribution in [0.4, 0.5) is 0 Å². The van der Waals surface area contributed by atoms with Gasteiger partial charge in [0.1, 0.15) is 17.3 Å². The van der Waals surface area contributed by atoms with Gasteiger partial charge in [0.25, 0.3) is 0 Å². The highest BCUT2D eigenvalue weighted by molar-refractivity contribution is 14.0. The molecule has 1 heterocycles. The van der Waals surface area contributed by atoms with Gasteiger partial charge in [-0.15, -0.1) is 24.0 Å². The molecule has 0 amide bonds. The third kappa shape index (κ3) is 6.97. The van der Waals surface area contributed by atoms with Crippen molar-refractivity contribution >= 4 is 29.9 Å². The Hall–Kier alpha value is -1.70. The molecule has 1 aromatic heterocycles. The zero-order chi connectivity index (χ0) is 17.4. The first kappa shape index (κ1) is 21.3. The minimum Gasteiger partial charge on any atom is -0.497 e. The van der Waals surface area contributed by atoms with Gasteiger partial charge in [0, 0.05) is 18.7 Å². The molecule has 0 fully saturated rings. The number of methoxy groups -OCH3 is 1. The van der Waals surface area contributed by atoms with Gasteiger partial charge in [0.2, 0.25) is 0 Å². The summed E-state index contributed by atoms with van der Waals surface area (Å²) in [6.07, 6.45) is 0.929. The molecule has 6 heteroatoms. The Morgan fingerprint density at radius 2 is 1.88 bits per heavy atom. The van der Waals surface area contributed by atoms with Crippen LogP contribution in [0.5, 0.6) is 5.75 Å². The minimum absolute atomic E-state index is 0. The van der Waals surface area contributed by atoms with Crippen molar-refractivity contribution in [3.63, 3.8) is 0 Å². The molecule has 2 rings (SSSR count). The van der Waals surface area contributed by atoms with E-state index in [0.29, 0.717) is 6.54 Å². The van der Waals surface area contributed by atoms with E-state index in [4.69, 9.17) is 9.15 Å². The maximum Gasteiger partial charge on any atom is 0.191 e. The van der Waals surface area contributed by atoms with Crippen molar-refractivity contribution in [2.75, 3.05) is 20.2 Å². The molecular formula is C19H28IN3O2. The van der Waals surface area contributed by atoms with Crippen molar-refractivity contribution in [1.82, 2.24) is 10.6 Å². The number of benzene rings is 1. The summed E-state index contributed by atoms with van der Waals surface area (Å²) in [7, 11) is 1.68. The Morgan fingerprint density at radius 3 is 2.44 bits per heavy atom. The van der Waals surface area contributed by atoms with Gasteiger partial charge in [-0.05, 0) is 51.0 Å². The van der Waals surface area contributed by atoms with Gasteiger partial charge < -0.3 is 19.8 Å². The van der Waals surface area contributed by atoms with Crippen LogP contribution in [0.1, 0.15) is 29.6 Å². The second-order valence-corrected chi connectivity index (χ2v) is 5.66. The lowest BCUT2D eigenvalue weighted by molar-refractivity contribution is 0.414. The van der Waals surface area contributed by atoms with Gasteiger partial charge in [-0.25, -0.2) is 4.99 Å². The number of halogens is 1. The summed E-state index contributed by atoms with van der Waals surface area (Å²) in [5, 5.41) is 6.64. The van der Waals surface area contributed by atoms with Crippen molar-refractivity contribution in [3.8, 4) is 5.75 Å². The molecule has 0 saturated carbocycles. The molecule has 0 unspecified atom stereocenters. The zero-order valence-corrected chi connectivity index (χ0v) is 17.7. The quantitative estimate of drug-likeness (QED) is 0.377. The lowest BCUT2D eigenvalue weighted by Gasteiger charge is -2.11. The summed E-state index contributed by atoms with van der Waals surface area (Å²) < 4.78 is 10.7. The lowest BCUT2D eigenvalue weighted by atomic mass is 10.1. The summed E-state index contributed by atoms with van der Waals surface area (Å²) in [4.78, 5) is 4.63. The number of hydrogen-bond donors (Lipinski definition) is 2. The molecule has 0 atom stereocenters. The number of nitrogens with one attached hydrogen (secondary N) is 2. The third-order valence-corrected chi connectivity index (χ3v) is 3.76. The predicted molar refractivity (Wildman–Crippen MR) is 113 cm³/mol. The van der Waals surface area contributed by atoms with Gasteiger partial charge >= 0.3 is 0 Å². The van der Waals surface area contributed by atoms with Gasteiger partial charge in [-0.3, -0.25) is 0 Å². The number of nitrogens with zero attached hydrogens (tertiary/aromatic N) is 1. The molecule has 0 spiro atoms. The van der Waals surface area contributed by atoms with E-state index in [-0.39, 0.29) is 24.0 Å². The lowest BCUT2D eigenvalue weighted by Crippen LogP contribution is -2.38. The van der Waals surface area contributed by atoms with Crippen LogP contribution in [0.15, 0.2) is 39.7 Å². The van der Waals surface area contributed by atoms with E-state index in [9.17, 15) is 0 Å². The maximum atomic E-state index is 5.54. The van der Waals surface area contributed by atoms with Crippen molar-refractivity contribution in [3.05, 3.63) is 53.0 Å². The monoisotopic (exact) mass is 457 g/mol. The fourth-order valence-electron chi connectivity index (χ4n) is 2.46. The second-order valence-electron chi connectivity index (χ2n) is 5.66. The van der Waals surface area contributed by atoms with Crippen LogP contribution >= 0.6 is 24.0 Å². The first-order valence-electron chi connectivity index (χ1n) is 8.33. The summed E-state index contributed by atoms with van der Waals surface area (Å²) in [5.74, 6) is 3.57. The highest BCUT2D eigenvalue weighted by Gasteiger charge is 2.04. The topological polar surface area (TPSA) is 58.8 Å². The van der Waals surface area contributed by atoms with Gasteiger partial charge in [-0.1, -0.05) is 12.1 Å². The summed E-state index contributed by atoms with van der Waals surface area (Å²) >= 11 is 0.